The van der Waals surface area contributed by atoms with Crippen LogP contribution in [0.4, 0.5) is 0 Å². The zero-order valence-corrected chi connectivity index (χ0v) is 18.8. The zero-order chi connectivity index (χ0) is 21.6. The molecule has 0 saturated heterocycles. The molecular formula is C19H27BrN2O6S. The van der Waals surface area contributed by atoms with E-state index in [0.717, 1.165) is 19.3 Å². The Bertz CT molecular complexity index is 814. The van der Waals surface area contributed by atoms with Crippen LogP contribution in [0.2, 0.25) is 0 Å². The molecule has 0 heterocycles. The van der Waals surface area contributed by atoms with E-state index >= 15 is 0 Å². The van der Waals surface area contributed by atoms with Gasteiger partial charge in [0.2, 0.25) is 10.0 Å². The molecule has 0 spiro atoms. The van der Waals surface area contributed by atoms with Crippen molar-refractivity contribution in [2.24, 2.45) is 11.8 Å². The molecule has 0 bridgehead atoms. The minimum atomic E-state index is -4.04. The summed E-state index contributed by atoms with van der Waals surface area (Å²) in [5, 5.41) is 12.3. The van der Waals surface area contributed by atoms with Crippen molar-refractivity contribution in [1.82, 2.24) is 10.0 Å². The van der Waals surface area contributed by atoms with Gasteiger partial charge in [-0.3, -0.25) is 9.59 Å². The third kappa shape index (κ3) is 6.77. The van der Waals surface area contributed by atoms with E-state index in [1.165, 1.54) is 24.3 Å². The second-order valence-corrected chi connectivity index (χ2v) is 9.99. The number of sulfonamides is 1. The lowest BCUT2D eigenvalue weighted by molar-refractivity contribution is -0.151. The Kier molecular flexibility index (Phi) is 8.62. The highest BCUT2D eigenvalue weighted by Gasteiger charge is 2.30. The molecule has 4 atom stereocenters. The topological polar surface area (TPSA) is 122 Å². The largest absolute Gasteiger partial charge is 0.454 e. The molecular weight excluding hydrogens is 464 g/mol. The van der Waals surface area contributed by atoms with Crippen molar-refractivity contribution < 1.29 is 27.9 Å². The van der Waals surface area contributed by atoms with E-state index in [0.29, 0.717) is 16.3 Å². The van der Waals surface area contributed by atoms with E-state index in [1.54, 1.807) is 0 Å². The number of hydrogen-bond acceptors (Lipinski definition) is 6. The quantitative estimate of drug-likeness (QED) is 0.475. The van der Waals surface area contributed by atoms with E-state index in [-0.39, 0.29) is 10.9 Å². The van der Waals surface area contributed by atoms with Crippen LogP contribution in [0.25, 0.3) is 0 Å². The summed E-state index contributed by atoms with van der Waals surface area (Å²) in [5.41, 5.74) is 0. The van der Waals surface area contributed by atoms with Crippen LogP contribution in [0.15, 0.2) is 33.6 Å². The van der Waals surface area contributed by atoms with Crippen molar-refractivity contribution in [2.75, 3.05) is 13.2 Å². The molecule has 1 aromatic carbocycles. The molecule has 0 aromatic heterocycles. The van der Waals surface area contributed by atoms with E-state index in [9.17, 15) is 23.1 Å². The lowest BCUT2D eigenvalue weighted by Crippen LogP contribution is -2.47. The number of amides is 1. The van der Waals surface area contributed by atoms with Gasteiger partial charge in [-0.15, -0.1) is 0 Å². The Hall–Kier alpha value is -1.49. The fourth-order valence-corrected chi connectivity index (χ4v) is 4.74. The molecule has 1 aromatic rings. The number of nitrogens with one attached hydrogen (secondary N) is 2. The maximum atomic E-state index is 12.4. The molecule has 10 heteroatoms. The minimum absolute atomic E-state index is 0.0227. The van der Waals surface area contributed by atoms with Crippen molar-refractivity contribution in [3.63, 3.8) is 0 Å². The van der Waals surface area contributed by atoms with Gasteiger partial charge >= 0.3 is 5.97 Å². The predicted octanol–water partition coefficient (Wildman–Crippen LogP) is 1.57. The molecule has 8 nitrogen and oxygen atoms in total. The number of rotatable bonds is 8. The summed E-state index contributed by atoms with van der Waals surface area (Å²) in [7, 11) is -4.04. The highest BCUT2D eigenvalue weighted by Crippen LogP contribution is 2.29. The minimum Gasteiger partial charge on any atom is -0.454 e. The summed E-state index contributed by atoms with van der Waals surface area (Å²) in [6, 6.07) is 4.30. The summed E-state index contributed by atoms with van der Waals surface area (Å²) in [6.07, 6.45) is 3.03. The Labute approximate surface area is 179 Å². The van der Waals surface area contributed by atoms with E-state index in [2.05, 4.69) is 39.8 Å². The third-order valence-corrected chi connectivity index (χ3v) is 7.30. The summed E-state index contributed by atoms with van der Waals surface area (Å²) >= 11 is 3.21. The highest BCUT2D eigenvalue weighted by molar-refractivity contribution is 9.10. The molecule has 1 aliphatic rings. The van der Waals surface area contributed by atoms with Crippen LogP contribution in [0.5, 0.6) is 0 Å². The Morgan fingerprint density at radius 3 is 2.52 bits per heavy atom. The van der Waals surface area contributed by atoms with Crippen LogP contribution in [0.1, 0.15) is 33.1 Å². The fourth-order valence-electron chi connectivity index (χ4n) is 3.30. The first-order chi connectivity index (χ1) is 13.6. The lowest BCUT2D eigenvalue weighted by Gasteiger charge is -2.34. The zero-order valence-electron chi connectivity index (χ0n) is 16.4. The van der Waals surface area contributed by atoms with Gasteiger partial charge in [0.1, 0.15) is 6.04 Å². The smallest absolute Gasteiger partial charge is 0.327 e. The van der Waals surface area contributed by atoms with Gasteiger partial charge in [0.05, 0.1) is 11.5 Å². The molecule has 1 saturated carbocycles. The van der Waals surface area contributed by atoms with Crippen LogP contribution in [0.3, 0.4) is 0 Å². The standard InChI is InChI=1S/C19H27BrN2O6S/c1-12-4-3-5-16(13(12)2)21-18(24)11-28-19(25)17(10-23)22-29(26,27)15-8-6-14(20)7-9-15/h6-9,12-13,16-17,22-23H,3-5,10-11H2,1-2H3,(H,21,24). The number of carbonyl (C=O) groups excluding carboxylic acids is 2. The molecule has 1 amide bonds. The monoisotopic (exact) mass is 490 g/mol. The van der Waals surface area contributed by atoms with Crippen molar-refractivity contribution >= 4 is 37.8 Å². The van der Waals surface area contributed by atoms with Gasteiger partial charge in [-0.25, -0.2) is 8.42 Å². The highest BCUT2D eigenvalue weighted by atomic mass is 79.9. The lowest BCUT2D eigenvalue weighted by atomic mass is 9.78. The van der Waals surface area contributed by atoms with Gasteiger partial charge in [0, 0.05) is 10.5 Å². The maximum absolute atomic E-state index is 12.4. The number of halogens is 1. The normalized spacial score (nSPS) is 23.2. The first-order valence-corrected chi connectivity index (χ1v) is 11.8. The Morgan fingerprint density at radius 2 is 1.90 bits per heavy atom. The van der Waals surface area contributed by atoms with Crippen molar-refractivity contribution in [1.29, 1.82) is 0 Å². The Balaban J connectivity index is 1.89. The second-order valence-electron chi connectivity index (χ2n) is 7.36. The van der Waals surface area contributed by atoms with Gasteiger partial charge < -0.3 is 15.2 Å². The average Bonchev–Trinajstić information content (AvgIpc) is 2.68. The van der Waals surface area contributed by atoms with Crippen molar-refractivity contribution in [3.8, 4) is 0 Å². The van der Waals surface area contributed by atoms with Gasteiger partial charge in [0.15, 0.2) is 6.61 Å². The molecule has 0 aliphatic heterocycles. The van der Waals surface area contributed by atoms with E-state index < -0.39 is 41.2 Å². The van der Waals surface area contributed by atoms with Crippen molar-refractivity contribution in [3.05, 3.63) is 28.7 Å². The molecule has 0 radical (unpaired) electrons. The number of ether oxygens (including phenoxy) is 1. The van der Waals surface area contributed by atoms with E-state index in [1.807, 2.05) is 0 Å². The first-order valence-electron chi connectivity index (χ1n) is 9.48. The van der Waals surface area contributed by atoms with Gasteiger partial charge in [-0.2, -0.15) is 4.72 Å². The number of benzene rings is 1. The van der Waals surface area contributed by atoms with Crippen LogP contribution in [-0.2, 0) is 24.3 Å². The predicted molar refractivity (Wildman–Crippen MR) is 110 cm³/mol. The van der Waals surface area contributed by atoms with Crippen LogP contribution in [-0.4, -0.2) is 50.7 Å². The summed E-state index contributed by atoms with van der Waals surface area (Å²) in [6.45, 7) is 2.90. The number of esters is 1. The van der Waals surface area contributed by atoms with E-state index in [4.69, 9.17) is 4.74 Å². The number of hydrogen-bond donors (Lipinski definition) is 3. The first kappa shape index (κ1) is 23.8. The van der Waals surface area contributed by atoms with Crippen LogP contribution >= 0.6 is 15.9 Å². The van der Waals surface area contributed by atoms with Gasteiger partial charge in [-0.05, 0) is 42.5 Å². The van der Waals surface area contributed by atoms with Gasteiger partial charge in [-0.1, -0.05) is 42.6 Å². The molecule has 1 aliphatic carbocycles. The summed E-state index contributed by atoms with van der Waals surface area (Å²) in [5.74, 6) is -0.639. The molecule has 29 heavy (non-hydrogen) atoms. The number of carbonyl (C=O) groups is 2. The Morgan fingerprint density at radius 1 is 1.24 bits per heavy atom. The molecule has 162 valence electrons. The second kappa shape index (κ2) is 10.5. The average molecular weight is 491 g/mol. The summed E-state index contributed by atoms with van der Waals surface area (Å²) in [4.78, 5) is 24.2. The number of aliphatic hydroxyl groups is 1. The summed E-state index contributed by atoms with van der Waals surface area (Å²) < 4.78 is 32.4. The maximum Gasteiger partial charge on any atom is 0.327 e. The SMILES string of the molecule is CC1CCCC(NC(=O)COC(=O)C(CO)NS(=O)(=O)c2ccc(Br)cc2)C1C. The van der Waals surface area contributed by atoms with Gasteiger partial charge in [0.25, 0.3) is 5.91 Å². The van der Waals surface area contributed by atoms with Crippen molar-refractivity contribution in [2.45, 2.75) is 50.1 Å². The third-order valence-electron chi connectivity index (χ3n) is 5.29. The number of aliphatic hydroxyl groups excluding tert-OH is 1. The molecule has 4 unspecified atom stereocenters. The molecule has 1 fully saturated rings. The van der Waals surface area contributed by atoms with Crippen LogP contribution in [0, 0.1) is 11.8 Å². The fraction of sp³-hybridized carbons (Fsp3) is 0.579. The molecule has 3 N–H and O–H groups in total. The van der Waals surface area contributed by atoms with Crippen LogP contribution < -0.4 is 10.0 Å². The molecule has 2 rings (SSSR count).